The van der Waals surface area contributed by atoms with E-state index < -0.39 is 9.63 Å². The van der Waals surface area contributed by atoms with Crippen LogP contribution < -0.4 is 4.74 Å². The maximum atomic E-state index is 13.5. The number of aliphatic imine (C=N–C) groups is 2. The Morgan fingerprint density at radius 1 is 0.879 bits per heavy atom. The summed E-state index contributed by atoms with van der Waals surface area (Å²) < 4.78 is 40.7. The number of hydrogen-bond donors (Lipinski definition) is 2. The number of rotatable bonds is 10. The van der Waals surface area contributed by atoms with Crippen molar-refractivity contribution in [3.05, 3.63) is 89.5 Å². The smallest absolute Gasteiger partial charge is 0.136 e. The van der Waals surface area contributed by atoms with Gasteiger partial charge in [-0.25, -0.2) is 4.21 Å². The fourth-order valence-corrected chi connectivity index (χ4v) is 5.21. The molecular weight excluding hydrogens is 436 g/mol. The quantitative estimate of drug-likeness (QED) is 0.310. The monoisotopic (exact) mass is 466 g/mol. The molecule has 0 saturated heterocycles. The second-order valence-corrected chi connectivity index (χ2v) is 10.2. The molecule has 174 valence electrons. The first-order valence-electron chi connectivity index (χ1n) is 10.8. The average molecular weight is 467 g/mol. The molecule has 0 aliphatic rings. The number of ether oxygens (including phenoxy) is 1. The molecule has 0 amide bonds. The second-order valence-electron chi connectivity index (χ2n) is 7.57. The predicted molar refractivity (Wildman–Crippen MR) is 135 cm³/mol. The highest BCUT2D eigenvalue weighted by molar-refractivity contribution is 8.10. The molecule has 6 nitrogen and oxygen atoms in total. The molecule has 2 N–H and O–H groups in total. The van der Waals surface area contributed by atoms with Crippen molar-refractivity contribution in [2.45, 2.75) is 29.6 Å². The van der Waals surface area contributed by atoms with E-state index in [0.29, 0.717) is 31.5 Å². The minimum absolute atomic E-state index is 0.0159. The van der Waals surface area contributed by atoms with Gasteiger partial charge in [-0.3, -0.25) is 9.98 Å². The highest BCUT2D eigenvalue weighted by Crippen LogP contribution is 2.39. The Bertz CT molecular complexity index is 1210. The van der Waals surface area contributed by atoms with Crippen LogP contribution in [-0.4, -0.2) is 45.9 Å². The minimum Gasteiger partial charge on any atom is -0.496 e. The molecule has 0 unspecified atom stereocenters. The van der Waals surface area contributed by atoms with Crippen LogP contribution in [0.4, 0.5) is 0 Å². The summed E-state index contributed by atoms with van der Waals surface area (Å²) in [7, 11) is -3.62. The number of aryl methyl sites for hydroxylation is 1. The third kappa shape index (κ3) is 6.01. The molecule has 0 aromatic heterocycles. The van der Waals surface area contributed by atoms with Gasteiger partial charge in [0.2, 0.25) is 0 Å². The van der Waals surface area contributed by atoms with Gasteiger partial charge in [0.15, 0.2) is 0 Å². The van der Waals surface area contributed by atoms with Gasteiger partial charge < -0.3 is 13.8 Å². The summed E-state index contributed by atoms with van der Waals surface area (Å²) in [5.41, 5.74) is 2.18. The second kappa shape index (κ2) is 10.7. The maximum absolute atomic E-state index is 13.5. The van der Waals surface area contributed by atoms with Crippen molar-refractivity contribution >= 4 is 22.1 Å². The third-order valence-corrected chi connectivity index (χ3v) is 7.49. The number of para-hydroxylation sites is 1. The van der Waals surface area contributed by atoms with Gasteiger partial charge in [-0.1, -0.05) is 49.4 Å². The van der Waals surface area contributed by atoms with E-state index in [1.54, 1.807) is 43.7 Å². The molecule has 0 aliphatic heterocycles. The molecule has 0 bridgehead atoms. The van der Waals surface area contributed by atoms with Gasteiger partial charge in [0, 0.05) is 36.6 Å². The van der Waals surface area contributed by atoms with Crippen molar-refractivity contribution in [2.24, 2.45) is 9.98 Å². The zero-order chi connectivity index (χ0) is 23.8. The van der Waals surface area contributed by atoms with Crippen LogP contribution in [0.2, 0.25) is 0 Å². The maximum Gasteiger partial charge on any atom is 0.136 e. The van der Waals surface area contributed by atoms with Crippen LogP contribution in [0.3, 0.4) is 0 Å². The predicted octanol–water partition coefficient (Wildman–Crippen LogP) is 5.37. The van der Waals surface area contributed by atoms with Crippen LogP contribution in [0.15, 0.2) is 92.6 Å². The fraction of sp³-hybridized carbons (Fsp3) is 0.231. The number of methoxy groups -OCH3 is 1. The molecule has 0 spiro atoms. The summed E-state index contributed by atoms with van der Waals surface area (Å²) in [5.74, 6) is 0.770. The van der Waals surface area contributed by atoms with E-state index in [4.69, 9.17) is 4.74 Å². The van der Waals surface area contributed by atoms with Gasteiger partial charge in [-0.15, -0.1) is 0 Å². The van der Waals surface area contributed by atoms with Crippen LogP contribution in [0.1, 0.15) is 30.0 Å². The number of benzene rings is 3. The van der Waals surface area contributed by atoms with Gasteiger partial charge in [-0.2, -0.15) is 0 Å². The lowest BCUT2D eigenvalue weighted by atomic mass is 10.2. The third-order valence-electron chi connectivity index (χ3n) is 5.22. The lowest BCUT2D eigenvalue weighted by Gasteiger charge is -2.32. The fourth-order valence-electron chi connectivity index (χ4n) is 3.40. The Balaban J connectivity index is 1.69. The first-order valence-corrected chi connectivity index (χ1v) is 12.7. The Morgan fingerprint density at radius 2 is 1.52 bits per heavy atom. The van der Waals surface area contributed by atoms with E-state index in [0.717, 1.165) is 16.9 Å². The summed E-state index contributed by atoms with van der Waals surface area (Å²) in [6.07, 6.45) is 4.71. The molecule has 0 fully saturated rings. The average Bonchev–Trinajstić information content (AvgIpc) is 2.83. The van der Waals surface area contributed by atoms with Crippen LogP contribution in [0, 0.1) is 0 Å². The Hall–Kier alpha value is -3.13. The molecule has 0 heterocycles. The lowest BCUT2D eigenvalue weighted by Crippen LogP contribution is -2.33. The SMILES string of the molecule is CCc1cccc(S(=O)(O)(O)c2ccccc2C=NCCCN=Cc2ccccc2OC)c1. The first kappa shape index (κ1) is 24.5. The van der Waals surface area contributed by atoms with Crippen LogP contribution in [-0.2, 0) is 16.0 Å². The molecule has 0 saturated carbocycles. The zero-order valence-corrected chi connectivity index (χ0v) is 19.7. The van der Waals surface area contributed by atoms with E-state index in [9.17, 15) is 13.3 Å². The van der Waals surface area contributed by atoms with E-state index in [2.05, 4.69) is 9.98 Å². The first-order chi connectivity index (χ1) is 15.8. The summed E-state index contributed by atoms with van der Waals surface area (Å²) in [6.45, 7) is 3.03. The van der Waals surface area contributed by atoms with E-state index in [1.165, 1.54) is 18.3 Å². The largest absolute Gasteiger partial charge is 0.496 e. The van der Waals surface area contributed by atoms with Crippen LogP contribution in [0.5, 0.6) is 5.75 Å². The highest BCUT2D eigenvalue weighted by atomic mass is 32.3. The van der Waals surface area contributed by atoms with Crippen molar-refractivity contribution in [1.82, 2.24) is 0 Å². The number of nitrogens with zero attached hydrogens (tertiary/aromatic N) is 2. The zero-order valence-electron chi connectivity index (χ0n) is 18.9. The van der Waals surface area contributed by atoms with Gasteiger partial charge in [0.25, 0.3) is 0 Å². The standard InChI is InChI=1S/C26H30N2O4S/c1-3-21-10-8-13-24(18-21)33(29,30,31)26-15-7-5-12-23(26)20-28-17-9-16-27-19-22-11-4-6-14-25(22)32-2/h4-8,10-15,18-20H,3,9,16-17H2,1-2H3,(H2,29,30,31). The highest BCUT2D eigenvalue weighted by Gasteiger charge is 2.37. The normalized spacial score (nSPS) is 13.3. The van der Waals surface area contributed by atoms with Gasteiger partial charge in [0.1, 0.15) is 15.4 Å². The van der Waals surface area contributed by atoms with E-state index >= 15 is 0 Å². The van der Waals surface area contributed by atoms with Gasteiger partial charge in [-0.05, 0) is 48.7 Å². The summed E-state index contributed by atoms with van der Waals surface area (Å²) in [6, 6.07) is 20.7. The molecule has 3 aromatic rings. The molecule has 0 atom stereocenters. The summed E-state index contributed by atoms with van der Waals surface area (Å²) in [5, 5.41) is 0. The topological polar surface area (TPSA) is 91.5 Å². The molecule has 0 aliphatic carbocycles. The molecule has 3 rings (SSSR count). The van der Waals surface area contributed by atoms with Crippen molar-refractivity contribution in [3.8, 4) is 5.75 Å². The van der Waals surface area contributed by atoms with Crippen LogP contribution >= 0.6 is 0 Å². The van der Waals surface area contributed by atoms with Gasteiger partial charge in [0.05, 0.1) is 16.9 Å². The van der Waals surface area contributed by atoms with Crippen molar-refractivity contribution in [2.75, 3.05) is 20.2 Å². The molecule has 0 radical (unpaired) electrons. The van der Waals surface area contributed by atoms with Crippen molar-refractivity contribution in [1.29, 1.82) is 0 Å². The molecule has 7 heteroatoms. The molecular formula is C26H30N2O4S. The lowest BCUT2D eigenvalue weighted by molar-refractivity contribution is 0.389. The van der Waals surface area contributed by atoms with Crippen molar-refractivity contribution in [3.63, 3.8) is 0 Å². The minimum atomic E-state index is -5.25. The molecule has 33 heavy (non-hydrogen) atoms. The number of hydrogen-bond acceptors (Lipinski definition) is 4. The van der Waals surface area contributed by atoms with Gasteiger partial charge >= 0.3 is 0 Å². The summed E-state index contributed by atoms with van der Waals surface area (Å²) >= 11 is 0. The van der Waals surface area contributed by atoms with E-state index in [1.807, 2.05) is 37.3 Å². The Kier molecular flexibility index (Phi) is 7.92. The molecule has 3 aromatic carbocycles. The van der Waals surface area contributed by atoms with Crippen LogP contribution in [0.25, 0.3) is 0 Å². The summed E-state index contributed by atoms with van der Waals surface area (Å²) in [4.78, 5) is 8.73. The van der Waals surface area contributed by atoms with E-state index in [-0.39, 0.29) is 9.79 Å². The Labute approximate surface area is 195 Å². The Morgan fingerprint density at radius 3 is 2.21 bits per heavy atom. The van der Waals surface area contributed by atoms with Crippen molar-refractivity contribution < 1.29 is 18.1 Å².